The quantitative estimate of drug-likeness (QED) is 0.811. The zero-order chi connectivity index (χ0) is 14.5. The maximum Gasteiger partial charge on any atom is 0.296 e. The van der Waals surface area contributed by atoms with E-state index in [-0.39, 0.29) is 5.89 Å². The average molecular weight is 282 g/mol. The van der Waals surface area contributed by atoms with Gasteiger partial charge in [-0.1, -0.05) is 17.3 Å². The molecule has 0 N–H and O–H groups in total. The van der Waals surface area contributed by atoms with Crippen molar-refractivity contribution in [1.82, 2.24) is 10.1 Å². The van der Waals surface area contributed by atoms with E-state index in [2.05, 4.69) is 10.1 Å². The molecule has 0 aliphatic carbocycles. The fourth-order valence-electron chi connectivity index (χ4n) is 1.59. The van der Waals surface area contributed by atoms with Crippen LogP contribution >= 0.6 is 0 Å². The average Bonchev–Trinajstić information content (AvgIpc) is 2.86. The summed E-state index contributed by atoms with van der Waals surface area (Å²) in [6.07, 6.45) is -3.18. The zero-order valence-electron chi connectivity index (χ0n) is 10.7. The minimum Gasteiger partial charge on any atom is -0.497 e. The molecule has 1 aromatic heterocycles. The largest absolute Gasteiger partial charge is 0.497 e. The van der Waals surface area contributed by atoms with E-state index in [9.17, 15) is 13.6 Å². The van der Waals surface area contributed by atoms with Gasteiger partial charge in [0.25, 0.3) is 6.43 Å². The van der Waals surface area contributed by atoms with Crippen molar-refractivity contribution in [1.29, 1.82) is 0 Å². The Balaban J connectivity index is 1.99. The highest BCUT2D eigenvalue weighted by molar-refractivity contribution is 5.82. The summed E-state index contributed by atoms with van der Waals surface area (Å²) in [6, 6.07) is 7.24. The number of hydrogen-bond donors (Lipinski definition) is 0. The summed E-state index contributed by atoms with van der Waals surface area (Å²) in [5.74, 6) is -0.263. The first-order chi connectivity index (χ1) is 9.58. The van der Waals surface area contributed by atoms with Crippen LogP contribution in [0.5, 0.6) is 5.75 Å². The summed E-state index contributed by atoms with van der Waals surface area (Å²) in [7, 11) is 1.57. The fourth-order valence-corrected chi connectivity index (χ4v) is 1.59. The number of ketones is 1. The van der Waals surface area contributed by atoms with E-state index >= 15 is 0 Å². The van der Waals surface area contributed by atoms with Crippen LogP contribution in [0, 0.1) is 0 Å². The first kappa shape index (κ1) is 14.1. The number of alkyl halides is 2. The standard InChI is InChI=1S/C13H12F2N2O3/c1-19-9-4-2-8(3-5-9)6-11-16-12(20-17-11)7-10(18)13(14)15/h2-5,13H,6-7H2,1H3. The Morgan fingerprint density at radius 3 is 2.65 bits per heavy atom. The molecule has 0 fully saturated rings. The van der Waals surface area contributed by atoms with Gasteiger partial charge in [0.05, 0.1) is 13.5 Å². The van der Waals surface area contributed by atoms with Crippen LogP contribution in [0.25, 0.3) is 0 Å². The van der Waals surface area contributed by atoms with Crippen LogP contribution in [0.3, 0.4) is 0 Å². The molecule has 5 nitrogen and oxygen atoms in total. The lowest BCUT2D eigenvalue weighted by Gasteiger charge is -2.00. The highest BCUT2D eigenvalue weighted by Crippen LogP contribution is 2.14. The molecule has 2 rings (SSSR count). The first-order valence-electron chi connectivity index (χ1n) is 5.83. The lowest BCUT2D eigenvalue weighted by atomic mass is 10.1. The summed E-state index contributed by atoms with van der Waals surface area (Å²) in [5.41, 5.74) is 0.915. The molecule has 0 radical (unpaired) electrons. The van der Waals surface area contributed by atoms with Crippen molar-refractivity contribution >= 4 is 5.78 Å². The van der Waals surface area contributed by atoms with Gasteiger partial charge >= 0.3 is 0 Å². The fraction of sp³-hybridized carbons (Fsp3) is 0.308. The smallest absolute Gasteiger partial charge is 0.296 e. The molecule has 1 heterocycles. The Kier molecular flexibility index (Phi) is 4.39. The molecule has 0 unspecified atom stereocenters. The molecule has 0 saturated heterocycles. The second-order valence-corrected chi connectivity index (χ2v) is 4.07. The van der Waals surface area contributed by atoms with Crippen LogP contribution in [0.2, 0.25) is 0 Å². The number of benzene rings is 1. The second-order valence-electron chi connectivity index (χ2n) is 4.07. The van der Waals surface area contributed by atoms with Crippen LogP contribution < -0.4 is 4.74 Å². The van der Waals surface area contributed by atoms with Crippen molar-refractivity contribution in [2.24, 2.45) is 0 Å². The van der Waals surface area contributed by atoms with Crippen molar-refractivity contribution in [3.05, 3.63) is 41.5 Å². The third-order valence-corrected chi connectivity index (χ3v) is 2.60. The third kappa shape index (κ3) is 3.59. The number of rotatable bonds is 6. The third-order valence-electron chi connectivity index (χ3n) is 2.60. The molecule has 106 valence electrons. The van der Waals surface area contributed by atoms with Gasteiger partial charge in [0.2, 0.25) is 11.7 Å². The number of Topliss-reactive ketones (excluding diaryl/α,β-unsaturated/α-hetero) is 1. The van der Waals surface area contributed by atoms with Gasteiger partial charge in [0.1, 0.15) is 5.75 Å². The zero-order valence-corrected chi connectivity index (χ0v) is 10.7. The summed E-state index contributed by atoms with van der Waals surface area (Å²) < 4.78 is 34.0. The van der Waals surface area contributed by atoms with Gasteiger partial charge in [-0.25, -0.2) is 8.78 Å². The summed E-state index contributed by atoms with van der Waals surface area (Å²) in [5, 5.41) is 3.65. The van der Waals surface area contributed by atoms with Crippen molar-refractivity contribution in [2.75, 3.05) is 7.11 Å². The van der Waals surface area contributed by atoms with E-state index in [1.807, 2.05) is 12.1 Å². The molecular formula is C13H12F2N2O3. The maximum atomic E-state index is 12.1. The first-order valence-corrected chi connectivity index (χ1v) is 5.83. The predicted octanol–water partition coefficient (Wildman–Crippen LogP) is 2.05. The maximum absolute atomic E-state index is 12.1. The van der Waals surface area contributed by atoms with Crippen molar-refractivity contribution in [3.8, 4) is 5.75 Å². The highest BCUT2D eigenvalue weighted by Gasteiger charge is 2.19. The van der Waals surface area contributed by atoms with E-state index in [4.69, 9.17) is 9.26 Å². The number of methoxy groups -OCH3 is 1. The second kappa shape index (κ2) is 6.23. The Labute approximate surface area is 113 Å². The van der Waals surface area contributed by atoms with Gasteiger partial charge in [0, 0.05) is 6.42 Å². The minimum atomic E-state index is -3.02. The van der Waals surface area contributed by atoms with Crippen molar-refractivity contribution in [3.63, 3.8) is 0 Å². The SMILES string of the molecule is COc1ccc(Cc2noc(CC(=O)C(F)F)n2)cc1. The molecule has 0 atom stereocenters. The van der Waals surface area contributed by atoms with Crippen LogP contribution in [-0.2, 0) is 17.6 Å². The Bertz CT molecular complexity index is 582. The van der Waals surface area contributed by atoms with E-state index in [1.54, 1.807) is 19.2 Å². The van der Waals surface area contributed by atoms with Crippen LogP contribution in [0.15, 0.2) is 28.8 Å². The topological polar surface area (TPSA) is 65.2 Å². The van der Waals surface area contributed by atoms with E-state index in [0.29, 0.717) is 12.2 Å². The molecule has 0 amide bonds. The Morgan fingerprint density at radius 1 is 1.35 bits per heavy atom. The monoisotopic (exact) mass is 282 g/mol. The van der Waals surface area contributed by atoms with E-state index in [0.717, 1.165) is 11.3 Å². The summed E-state index contributed by atoms with van der Waals surface area (Å²) >= 11 is 0. The van der Waals surface area contributed by atoms with Crippen molar-refractivity contribution in [2.45, 2.75) is 19.3 Å². The van der Waals surface area contributed by atoms with Crippen molar-refractivity contribution < 1.29 is 22.8 Å². The normalized spacial score (nSPS) is 10.8. The lowest BCUT2D eigenvalue weighted by Crippen LogP contribution is -2.13. The lowest BCUT2D eigenvalue weighted by molar-refractivity contribution is -0.129. The molecule has 0 aliphatic rings. The molecular weight excluding hydrogens is 270 g/mol. The molecule has 0 aliphatic heterocycles. The van der Waals surface area contributed by atoms with E-state index < -0.39 is 18.6 Å². The summed E-state index contributed by atoms with van der Waals surface area (Å²) in [4.78, 5) is 14.8. The number of carbonyl (C=O) groups excluding carboxylic acids is 1. The molecule has 0 saturated carbocycles. The van der Waals surface area contributed by atoms with Crippen LogP contribution in [-0.4, -0.2) is 29.5 Å². The Morgan fingerprint density at radius 2 is 2.05 bits per heavy atom. The predicted molar refractivity (Wildman–Crippen MR) is 64.8 cm³/mol. The van der Waals surface area contributed by atoms with Gasteiger partial charge in [-0.15, -0.1) is 0 Å². The summed E-state index contributed by atoms with van der Waals surface area (Å²) in [6.45, 7) is 0. The molecule has 7 heteroatoms. The van der Waals surface area contributed by atoms with Crippen LogP contribution in [0.1, 0.15) is 17.3 Å². The number of halogens is 2. The Hall–Kier alpha value is -2.31. The van der Waals surface area contributed by atoms with E-state index in [1.165, 1.54) is 0 Å². The number of hydrogen-bond acceptors (Lipinski definition) is 5. The molecule has 1 aromatic carbocycles. The van der Waals surface area contributed by atoms with Gasteiger partial charge in [-0.2, -0.15) is 4.98 Å². The number of aromatic nitrogens is 2. The molecule has 2 aromatic rings. The van der Waals surface area contributed by atoms with Gasteiger partial charge < -0.3 is 9.26 Å². The molecule has 20 heavy (non-hydrogen) atoms. The highest BCUT2D eigenvalue weighted by atomic mass is 19.3. The van der Waals surface area contributed by atoms with Crippen LogP contribution in [0.4, 0.5) is 8.78 Å². The van der Waals surface area contributed by atoms with Gasteiger partial charge in [-0.3, -0.25) is 4.79 Å². The molecule has 0 spiro atoms. The number of ether oxygens (including phenoxy) is 1. The minimum absolute atomic E-state index is 0.0983. The molecule has 0 bridgehead atoms. The van der Waals surface area contributed by atoms with Gasteiger partial charge in [-0.05, 0) is 17.7 Å². The number of carbonyl (C=O) groups is 1. The number of nitrogens with zero attached hydrogens (tertiary/aromatic N) is 2. The van der Waals surface area contributed by atoms with Gasteiger partial charge in [0.15, 0.2) is 5.82 Å².